The summed E-state index contributed by atoms with van der Waals surface area (Å²) in [6.45, 7) is 0. The molecule has 0 saturated heterocycles. The van der Waals surface area contributed by atoms with Gasteiger partial charge in [-0.25, -0.2) is 8.78 Å². The minimum atomic E-state index is -2.31. The summed E-state index contributed by atoms with van der Waals surface area (Å²) in [5.74, 6) is 0. The van der Waals surface area contributed by atoms with Crippen molar-refractivity contribution in [1.29, 1.82) is 0 Å². The van der Waals surface area contributed by atoms with Crippen molar-refractivity contribution in [1.82, 2.24) is 10.2 Å². The van der Waals surface area contributed by atoms with Gasteiger partial charge in [0.2, 0.25) is 6.43 Å². The molecule has 0 atom stereocenters. The summed E-state index contributed by atoms with van der Waals surface area (Å²) in [4.78, 5) is 0. The highest BCUT2D eigenvalue weighted by Crippen LogP contribution is 2.02. The summed E-state index contributed by atoms with van der Waals surface area (Å²) in [7, 11) is 0. The molecule has 0 fully saturated rings. The molecule has 0 aliphatic heterocycles. The van der Waals surface area contributed by atoms with E-state index in [2.05, 4.69) is 16.4 Å². The van der Waals surface area contributed by atoms with E-state index in [0.29, 0.717) is 5.56 Å². The van der Waals surface area contributed by atoms with E-state index in [-0.39, 0.29) is 6.42 Å². The number of nitrogens with one attached hydrogen (secondary N) is 1. The predicted molar refractivity (Wildman–Crippen MR) is 27.1 cm³/mol. The molecule has 1 aromatic heterocycles. The van der Waals surface area contributed by atoms with Crippen molar-refractivity contribution in [3.63, 3.8) is 0 Å². The predicted octanol–water partition coefficient (Wildman–Crippen LogP) is 1.02. The fraction of sp³-hybridized carbons (Fsp3) is 0.400. The third kappa shape index (κ3) is 1.79. The Balaban J connectivity index is 2.48. The molecule has 4 heteroatoms. The Morgan fingerprint density at radius 3 is 3.00 bits per heavy atom. The molecule has 49 valence electrons. The van der Waals surface area contributed by atoms with Crippen molar-refractivity contribution < 1.29 is 8.78 Å². The molecule has 1 aromatic rings. The third-order valence-corrected chi connectivity index (χ3v) is 0.877. The fourth-order valence-electron chi connectivity index (χ4n) is 0.517. The minimum absolute atomic E-state index is 0.267. The summed E-state index contributed by atoms with van der Waals surface area (Å²) >= 11 is 0. The van der Waals surface area contributed by atoms with Crippen LogP contribution in [0.25, 0.3) is 0 Å². The van der Waals surface area contributed by atoms with E-state index in [1.165, 1.54) is 6.20 Å². The van der Waals surface area contributed by atoms with E-state index in [1.807, 2.05) is 0 Å². The van der Waals surface area contributed by atoms with Crippen LogP contribution < -0.4 is 0 Å². The van der Waals surface area contributed by atoms with Crippen molar-refractivity contribution in [3.05, 3.63) is 18.0 Å². The van der Waals surface area contributed by atoms with E-state index in [4.69, 9.17) is 0 Å². The van der Waals surface area contributed by atoms with Gasteiger partial charge in [-0.1, -0.05) is 0 Å². The molecule has 2 nitrogen and oxygen atoms in total. The smallest absolute Gasteiger partial charge is 0.242 e. The van der Waals surface area contributed by atoms with Crippen LogP contribution in [0.5, 0.6) is 0 Å². The molecular weight excluding hydrogens is 126 g/mol. The van der Waals surface area contributed by atoms with Crippen LogP contribution in [0.3, 0.4) is 0 Å². The SMILES string of the molecule is FC(F)Cc1[c]n[nH]c1. The van der Waals surface area contributed by atoms with Gasteiger partial charge < -0.3 is 0 Å². The number of hydrogen-bond donors (Lipinski definition) is 1. The molecule has 0 aliphatic carbocycles. The lowest BCUT2D eigenvalue weighted by molar-refractivity contribution is 0.149. The molecule has 0 aromatic carbocycles. The van der Waals surface area contributed by atoms with Gasteiger partial charge in [0.1, 0.15) is 6.20 Å². The number of aromatic amines is 1. The molecule has 0 bridgehead atoms. The maximum Gasteiger partial charge on any atom is 0.242 e. The first kappa shape index (κ1) is 6.19. The second-order valence-electron chi connectivity index (χ2n) is 1.62. The van der Waals surface area contributed by atoms with Crippen LogP contribution in [0, 0.1) is 6.20 Å². The Labute approximate surface area is 50.9 Å². The Kier molecular flexibility index (Phi) is 1.77. The highest BCUT2D eigenvalue weighted by molar-refractivity contribution is 5.00. The number of rotatable bonds is 2. The van der Waals surface area contributed by atoms with Crippen molar-refractivity contribution in [2.24, 2.45) is 0 Å². The van der Waals surface area contributed by atoms with Gasteiger partial charge in [-0.3, -0.25) is 5.10 Å². The van der Waals surface area contributed by atoms with Crippen LogP contribution in [0.2, 0.25) is 0 Å². The van der Waals surface area contributed by atoms with Crippen LogP contribution in [0.1, 0.15) is 5.56 Å². The van der Waals surface area contributed by atoms with E-state index in [1.54, 1.807) is 0 Å². The Bertz CT molecular complexity index is 159. The maximum absolute atomic E-state index is 11.5. The number of H-pyrrole nitrogens is 1. The zero-order valence-corrected chi connectivity index (χ0v) is 4.56. The van der Waals surface area contributed by atoms with Crippen molar-refractivity contribution in [2.45, 2.75) is 12.8 Å². The van der Waals surface area contributed by atoms with Crippen molar-refractivity contribution in [2.75, 3.05) is 0 Å². The van der Waals surface area contributed by atoms with Crippen molar-refractivity contribution >= 4 is 0 Å². The summed E-state index contributed by atoms with van der Waals surface area (Å²) in [5.41, 5.74) is 0.421. The zero-order valence-electron chi connectivity index (χ0n) is 4.56. The normalized spacial score (nSPS) is 10.6. The molecule has 9 heavy (non-hydrogen) atoms. The van der Waals surface area contributed by atoms with Gasteiger partial charge in [0, 0.05) is 18.2 Å². The van der Waals surface area contributed by atoms with Gasteiger partial charge in [-0.2, -0.15) is 5.10 Å². The van der Waals surface area contributed by atoms with Crippen LogP contribution in [0.4, 0.5) is 8.78 Å². The average molecular weight is 131 g/mol. The molecular formula is C5H5F2N2. The van der Waals surface area contributed by atoms with Crippen molar-refractivity contribution in [3.8, 4) is 0 Å². The highest BCUT2D eigenvalue weighted by Gasteiger charge is 2.04. The monoisotopic (exact) mass is 131 g/mol. The summed E-state index contributed by atoms with van der Waals surface area (Å²) in [6.07, 6.45) is 1.22. The lowest BCUT2D eigenvalue weighted by Crippen LogP contribution is -1.94. The van der Waals surface area contributed by atoms with Crippen LogP contribution in [-0.4, -0.2) is 16.6 Å². The Morgan fingerprint density at radius 2 is 2.56 bits per heavy atom. The number of aromatic nitrogens is 2. The molecule has 1 N–H and O–H groups in total. The van der Waals surface area contributed by atoms with Crippen LogP contribution in [-0.2, 0) is 6.42 Å². The van der Waals surface area contributed by atoms with Gasteiger partial charge in [-0.15, -0.1) is 0 Å². The summed E-state index contributed by atoms with van der Waals surface area (Å²) in [5, 5.41) is 5.79. The van der Waals surface area contributed by atoms with E-state index < -0.39 is 6.43 Å². The maximum atomic E-state index is 11.5. The second kappa shape index (κ2) is 2.57. The molecule has 0 saturated carbocycles. The van der Waals surface area contributed by atoms with E-state index in [9.17, 15) is 8.78 Å². The van der Waals surface area contributed by atoms with E-state index >= 15 is 0 Å². The van der Waals surface area contributed by atoms with Gasteiger partial charge in [0.15, 0.2) is 0 Å². The molecule has 0 spiro atoms. The first-order chi connectivity index (χ1) is 4.29. The number of nitrogens with zero attached hydrogens (tertiary/aromatic N) is 1. The molecule has 1 radical (unpaired) electrons. The summed E-state index contributed by atoms with van der Waals surface area (Å²) in [6, 6.07) is 0. The average Bonchev–Trinajstić information content (AvgIpc) is 2.15. The second-order valence-corrected chi connectivity index (χ2v) is 1.62. The molecule has 1 heterocycles. The van der Waals surface area contributed by atoms with Gasteiger partial charge >= 0.3 is 0 Å². The lowest BCUT2D eigenvalue weighted by Gasteiger charge is -1.90. The standard InChI is InChI=1S/C5H5F2N2/c6-5(7)1-4-2-8-9-3-4/h2,5H,1H2,(H,8,9). The Morgan fingerprint density at radius 1 is 1.78 bits per heavy atom. The number of alkyl halides is 2. The first-order valence-corrected chi connectivity index (χ1v) is 2.47. The summed E-state index contributed by atoms with van der Waals surface area (Å²) < 4.78 is 23.1. The lowest BCUT2D eigenvalue weighted by atomic mass is 10.3. The topological polar surface area (TPSA) is 28.7 Å². The van der Waals surface area contributed by atoms with Crippen LogP contribution in [0.15, 0.2) is 6.20 Å². The molecule has 1 rings (SSSR count). The molecule has 0 unspecified atom stereocenters. The van der Waals surface area contributed by atoms with Crippen LogP contribution >= 0.6 is 0 Å². The largest absolute Gasteiger partial charge is 0.285 e. The minimum Gasteiger partial charge on any atom is -0.285 e. The third-order valence-electron chi connectivity index (χ3n) is 0.877. The number of halogens is 2. The van der Waals surface area contributed by atoms with Gasteiger partial charge in [0.05, 0.1) is 0 Å². The first-order valence-electron chi connectivity index (χ1n) is 2.47. The molecule has 0 amide bonds. The van der Waals surface area contributed by atoms with Gasteiger partial charge in [-0.05, 0) is 0 Å². The quantitative estimate of drug-likeness (QED) is 0.637. The van der Waals surface area contributed by atoms with E-state index in [0.717, 1.165) is 0 Å². The fourth-order valence-corrected chi connectivity index (χ4v) is 0.517. The Hall–Kier alpha value is -0.930. The highest BCUT2D eigenvalue weighted by atomic mass is 19.3. The number of hydrogen-bond acceptors (Lipinski definition) is 1. The van der Waals surface area contributed by atoms with Gasteiger partial charge in [0.25, 0.3) is 0 Å². The molecule has 0 aliphatic rings. The zero-order chi connectivity index (χ0) is 6.69.